The molecule has 7 nitrogen and oxygen atoms in total. The third kappa shape index (κ3) is 2.13. The van der Waals surface area contributed by atoms with E-state index in [0.717, 1.165) is 18.9 Å². The Morgan fingerprint density at radius 2 is 2.20 bits per heavy atom. The second kappa shape index (κ2) is 3.95. The standard InChI is InChI=1S/C8H15N5O2/c9-13-5-7(10-11-13)12-3-1-6(2-4-12)8(14)15/h5-6,10-11H,1-4,9H2,(H,14,15). The Hall–Kier alpha value is -1.47. The molecule has 0 aromatic rings. The van der Waals surface area contributed by atoms with E-state index in [-0.39, 0.29) is 5.92 Å². The number of carboxylic acid groups (broad SMARTS) is 1. The zero-order chi connectivity index (χ0) is 10.8. The van der Waals surface area contributed by atoms with Crippen LogP contribution in [0.4, 0.5) is 0 Å². The van der Waals surface area contributed by atoms with E-state index in [9.17, 15) is 4.79 Å². The van der Waals surface area contributed by atoms with Gasteiger partial charge in [-0.05, 0) is 12.8 Å². The van der Waals surface area contributed by atoms with E-state index in [1.165, 1.54) is 5.12 Å². The van der Waals surface area contributed by atoms with Crippen molar-refractivity contribution >= 4 is 5.97 Å². The summed E-state index contributed by atoms with van der Waals surface area (Å²) in [6, 6.07) is 0. The van der Waals surface area contributed by atoms with Crippen molar-refractivity contribution in [3.63, 3.8) is 0 Å². The maximum atomic E-state index is 10.7. The highest BCUT2D eigenvalue weighted by atomic mass is 16.4. The molecule has 84 valence electrons. The van der Waals surface area contributed by atoms with Crippen molar-refractivity contribution < 1.29 is 9.90 Å². The van der Waals surface area contributed by atoms with Crippen molar-refractivity contribution in [2.45, 2.75) is 12.8 Å². The van der Waals surface area contributed by atoms with Gasteiger partial charge in [-0.25, -0.2) is 11.0 Å². The molecule has 0 radical (unpaired) electrons. The van der Waals surface area contributed by atoms with Crippen LogP contribution in [0.25, 0.3) is 0 Å². The Balaban J connectivity index is 1.88. The van der Waals surface area contributed by atoms with Gasteiger partial charge in [-0.1, -0.05) is 0 Å². The normalized spacial score (nSPS) is 22.6. The van der Waals surface area contributed by atoms with Crippen LogP contribution in [0.1, 0.15) is 12.8 Å². The quantitative estimate of drug-likeness (QED) is 0.427. The van der Waals surface area contributed by atoms with Crippen molar-refractivity contribution in [2.75, 3.05) is 13.1 Å². The van der Waals surface area contributed by atoms with Gasteiger partial charge in [0.25, 0.3) is 0 Å². The van der Waals surface area contributed by atoms with Crippen molar-refractivity contribution in [3.05, 3.63) is 12.0 Å². The van der Waals surface area contributed by atoms with Crippen LogP contribution in [-0.4, -0.2) is 34.2 Å². The summed E-state index contributed by atoms with van der Waals surface area (Å²) in [6.45, 7) is 1.48. The predicted octanol–water partition coefficient (Wildman–Crippen LogP) is -1.22. The second-order valence-corrected chi connectivity index (χ2v) is 3.76. The van der Waals surface area contributed by atoms with Crippen LogP contribution >= 0.6 is 0 Å². The molecule has 2 rings (SSSR count). The number of carboxylic acids is 1. The summed E-state index contributed by atoms with van der Waals surface area (Å²) in [6.07, 6.45) is 3.10. The van der Waals surface area contributed by atoms with Gasteiger partial charge >= 0.3 is 5.97 Å². The molecule has 5 N–H and O–H groups in total. The van der Waals surface area contributed by atoms with Crippen LogP contribution in [0, 0.1) is 5.92 Å². The summed E-state index contributed by atoms with van der Waals surface area (Å²) in [4.78, 5) is 12.8. The molecule has 1 fully saturated rings. The van der Waals surface area contributed by atoms with E-state index in [0.29, 0.717) is 12.8 Å². The molecule has 15 heavy (non-hydrogen) atoms. The second-order valence-electron chi connectivity index (χ2n) is 3.76. The minimum Gasteiger partial charge on any atom is -0.481 e. The molecule has 0 bridgehead atoms. The smallest absolute Gasteiger partial charge is 0.306 e. The lowest BCUT2D eigenvalue weighted by atomic mass is 9.97. The molecule has 0 atom stereocenters. The molecular weight excluding hydrogens is 198 g/mol. The Bertz CT molecular complexity index is 285. The van der Waals surface area contributed by atoms with Gasteiger partial charge in [-0.2, -0.15) is 0 Å². The zero-order valence-corrected chi connectivity index (χ0v) is 8.31. The Kier molecular flexibility index (Phi) is 2.65. The number of hydrazine groups is 3. The van der Waals surface area contributed by atoms with Gasteiger partial charge in [0.2, 0.25) is 0 Å². The summed E-state index contributed by atoms with van der Waals surface area (Å²) in [5, 5.41) is 10.2. The maximum Gasteiger partial charge on any atom is 0.306 e. The number of rotatable bonds is 2. The van der Waals surface area contributed by atoms with Crippen LogP contribution in [0.3, 0.4) is 0 Å². The van der Waals surface area contributed by atoms with Gasteiger partial charge in [0.15, 0.2) is 0 Å². The highest BCUT2D eigenvalue weighted by Gasteiger charge is 2.26. The summed E-state index contributed by atoms with van der Waals surface area (Å²) < 4.78 is 0. The van der Waals surface area contributed by atoms with Crippen LogP contribution in [0.5, 0.6) is 0 Å². The maximum absolute atomic E-state index is 10.7. The van der Waals surface area contributed by atoms with E-state index < -0.39 is 5.97 Å². The number of likely N-dealkylation sites (tertiary alicyclic amines) is 1. The number of hydrogen-bond acceptors (Lipinski definition) is 6. The van der Waals surface area contributed by atoms with Crippen molar-refractivity contribution in [1.82, 2.24) is 21.0 Å². The Labute approximate surface area is 87.4 Å². The minimum absolute atomic E-state index is 0.204. The fourth-order valence-electron chi connectivity index (χ4n) is 1.85. The summed E-state index contributed by atoms with van der Waals surface area (Å²) in [5.41, 5.74) is 5.62. The number of piperidine rings is 1. The SMILES string of the molecule is NN1C=C(N2CCC(C(=O)O)CC2)NN1. The number of hydrogen-bond donors (Lipinski definition) is 4. The van der Waals surface area contributed by atoms with Crippen molar-refractivity contribution in [1.29, 1.82) is 0 Å². The van der Waals surface area contributed by atoms with Gasteiger partial charge in [-0.15, -0.1) is 5.53 Å². The fourth-order valence-corrected chi connectivity index (χ4v) is 1.85. The van der Waals surface area contributed by atoms with Gasteiger partial charge in [0, 0.05) is 13.1 Å². The lowest BCUT2D eigenvalue weighted by Crippen LogP contribution is -2.44. The van der Waals surface area contributed by atoms with E-state index in [1.54, 1.807) is 6.20 Å². The molecule has 0 spiro atoms. The minimum atomic E-state index is -0.693. The topological polar surface area (TPSA) is 93.9 Å². The molecule has 0 aromatic heterocycles. The van der Waals surface area contributed by atoms with Crippen molar-refractivity contribution in [2.24, 2.45) is 11.8 Å². The molecule has 0 unspecified atom stereocenters. The van der Waals surface area contributed by atoms with Gasteiger partial charge in [0.1, 0.15) is 5.82 Å². The monoisotopic (exact) mass is 213 g/mol. The van der Waals surface area contributed by atoms with Crippen molar-refractivity contribution in [3.8, 4) is 0 Å². The zero-order valence-electron chi connectivity index (χ0n) is 8.31. The first-order valence-electron chi connectivity index (χ1n) is 4.92. The molecule has 1 saturated heterocycles. The number of nitrogens with two attached hydrogens (primary N) is 1. The molecule has 2 heterocycles. The Morgan fingerprint density at radius 3 is 2.67 bits per heavy atom. The predicted molar refractivity (Wildman–Crippen MR) is 52.3 cm³/mol. The molecule has 0 aromatic carbocycles. The van der Waals surface area contributed by atoms with Gasteiger partial charge in [-0.3, -0.25) is 10.2 Å². The third-order valence-corrected chi connectivity index (χ3v) is 2.76. The van der Waals surface area contributed by atoms with Crippen LogP contribution < -0.4 is 16.8 Å². The van der Waals surface area contributed by atoms with Crippen LogP contribution in [-0.2, 0) is 4.79 Å². The molecule has 0 aliphatic carbocycles. The first-order valence-corrected chi connectivity index (χ1v) is 4.92. The number of aliphatic carboxylic acids is 1. The third-order valence-electron chi connectivity index (χ3n) is 2.76. The van der Waals surface area contributed by atoms with E-state index in [1.807, 2.05) is 0 Å². The molecule has 0 amide bonds. The van der Waals surface area contributed by atoms with E-state index >= 15 is 0 Å². The number of nitrogens with one attached hydrogen (secondary N) is 2. The highest BCUT2D eigenvalue weighted by Crippen LogP contribution is 2.20. The average Bonchev–Trinajstić information content (AvgIpc) is 2.65. The fraction of sp³-hybridized carbons (Fsp3) is 0.625. The van der Waals surface area contributed by atoms with Crippen LogP contribution in [0.2, 0.25) is 0 Å². The molecule has 0 saturated carbocycles. The van der Waals surface area contributed by atoms with E-state index in [2.05, 4.69) is 15.9 Å². The molecule has 2 aliphatic heterocycles. The van der Waals surface area contributed by atoms with Gasteiger partial charge < -0.3 is 10.0 Å². The summed E-state index contributed by atoms with van der Waals surface area (Å²) >= 11 is 0. The largest absolute Gasteiger partial charge is 0.481 e. The Morgan fingerprint density at radius 1 is 1.53 bits per heavy atom. The molecular formula is C8H15N5O2. The van der Waals surface area contributed by atoms with Gasteiger partial charge in [0.05, 0.1) is 12.1 Å². The molecule has 7 heteroatoms. The molecule has 2 aliphatic rings. The highest BCUT2D eigenvalue weighted by molar-refractivity contribution is 5.70. The van der Waals surface area contributed by atoms with E-state index in [4.69, 9.17) is 10.9 Å². The first kappa shape index (κ1) is 10.1. The number of carbonyl (C=O) groups is 1. The lowest BCUT2D eigenvalue weighted by Gasteiger charge is -2.31. The van der Waals surface area contributed by atoms with Crippen LogP contribution in [0.15, 0.2) is 12.0 Å². The summed E-state index contributed by atoms with van der Waals surface area (Å²) in [5.74, 6) is 5.46. The number of nitrogens with zero attached hydrogens (tertiary/aromatic N) is 2. The summed E-state index contributed by atoms with van der Waals surface area (Å²) in [7, 11) is 0. The average molecular weight is 213 g/mol. The lowest BCUT2D eigenvalue weighted by molar-refractivity contribution is -0.143. The first-order chi connectivity index (χ1) is 7.16.